The average molecular weight is 402 g/mol. The summed E-state index contributed by atoms with van der Waals surface area (Å²) in [4.78, 5) is 16.5. The number of rotatable bonds is 2. The van der Waals surface area contributed by atoms with Crippen LogP contribution < -0.4 is 5.32 Å². The van der Waals surface area contributed by atoms with Crippen LogP contribution in [-0.4, -0.2) is 20.5 Å². The van der Waals surface area contributed by atoms with Gasteiger partial charge < -0.3 is 5.32 Å². The van der Waals surface area contributed by atoms with Crippen molar-refractivity contribution in [2.24, 2.45) is 0 Å². The third-order valence-electron chi connectivity index (χ3n) is 3.83. The zero-order valence-electron chi connectivity index (χ0n) is 14.4. The lowest BCUT2D eigenvalue weighted by Crippen LogP contribution is -2.17. The molecular formula is C17H12F6N4O. The minimum atomic E-state index is -5.04. The highest BCUT2D eigenvalue weighted by Crippen LogP contribution is 2.36. The predicted octanol–water partition coefficient (Wildman–Crippen LogP) is 4.64. The summed E-state index contributed by atoms with van der Waals surface area (Å²) in [5.41, 5.74) is -2.63. The van der Waals surface area contributed by atoms with Crippen LogP contribution in [0.5, 0.6) is 0 Å². The van der Waals surface area contributed by atoms with E-state index in [1.165, 1.54) is 16.8 Å². The number of nitrogens with one attached hydrogen (secondary N) is 1. The van der Waals surface area contributed by atoms with Crippen LogP contribution in [0.15, 0.2) is 30.5 Å². The van der Waals surface area contributed by atoms with Crippen LogP contribution in [0.3, 0.4) is 0 Å². The standard InChI is InChI=1S/C17H12F6N4O/c1-8-3-13(7-27-14(8)24-9(2)26-27)25-15(28)10-4-11(16(18,19)20)6-12(5-10)17(21,22)23/h3-7H,1-2H3,(H,25,28). The van der Waals surface area contributed by atoms with Gasteiger partial charge in [-0.3, -0.25) is 4.79 Å². The normalized spacial score (nSPS) is 12.4. The van der Waals surface area contributed by atoms with Crippen molar-refractivity contribution in [1.82, 2.24) is 14.6 Å². The Labute approximate surface area is 154 Å². The van der Waals surface area contributed by atoms with Crippen molar-refractivity contribution in [3.63, 3.8) is 0 Å². The molecule has 0 spiro atoms. The highest BCUT2D eigenvalue weighted by molar-refractivity contribution is 6.04. The lowest BCUT2D eigenvalue weighted by atomic mass is 10.0. The predicted molar refractivity (Wildman–Crippen MR) is 86.9 cm³/mol. The largest absolute Gasteiger partial charge is 0.416 e. The van der Waals surface area contributed by atoms with Crippen molar-refractivity contribution in [3.8, 4) is 0 Å². The van der Waals surface area contributed by atoms with Crippen molar-refractivity contribution < 1.29 is 31.1 Å². The molecule has 2 aromatic heterocycles. The SMILES string of the molecule is Cc1nc2c(C)cc(NC(=O)c3cc(C(F)(F)F)cc(C(F)(F)F)c3)cn2n1. The Hall–Kier alpha value is -3.11. The Bertz CT molecular complexity index is 1040. The summed E-state index contributed by atoms with van der Waals surface area (Å²) in [6.45, 7) is 3.32. The molecule has 28 heavy (non-hydrogen) atoms. The first kappa shape index (κ1) is 19.6. The maximum absolute atomic E-state index is 12.9. The Morgan fingerprint density at radius 2 is 1.54 bits per heavy atom. The number of nitrogens with zero attached hydrogens (tertiary/aromatic N) is 3. The topological polar surface area (TPSA) is 59.3 Å². The van der Waals surface area contributed by atoms with Gasteiger partial charge in [0.1, 0.15) is 5.82 Å². The third kappa shape index (κ3) is 3.92. The smallest absolute Gasteiger partial charge is 0.321 e. The lowest BCUT2D eigenvalue weighted by Gasteiger charge is -2.14. The van der Waals surface area contributed by atoms with E-state index in [4.69, 9.17) is 0 Å². The van der Waals surface area contributed by atoms with Gasteiger partial charge in [-0.2, -0.15) is 31.4 Å². The number of halogens is 6. The number of hydrogen-bond acceptors (Lipinski definition) is 3. The van der Waals surface area contributed by atoms with Crippen LogP contribution >= 0.6 is 0 Å². The number of carbonyl (C=O) groups is 1. The molecule has 0 unspecified atom stereocenters. The maximum atomic E-state index is 12.9. The van der Waals surface area contributed by atoms with Gasteiger partial charge in [-0.05, 0) is 43.7 Å². The fraction of sp³-hybridized carbons (Fsp3) is 0.235. The molecule has 2 heterocycles. The van der Waals surface area contributed by atoms with E-state index in [-0.39, 0.29) is 11.8 Å². The van der Waals surface area contributed by atoms with Gasteiger partial charge in [-0.1, -0.05) is 0 Å². The van der Waals surface area contributed by atoms with Gasteiger partial charge in [0.05, 0.1) is 23.0 Å². The van der Waals surface area contributed by atoms with Crippen LogP contribution in [-0.2, 0) is 12.4 Å². The summed E-state index contributed by atoms with van der Waals surface area (Å²) >= 11 is 0. The van der Waals surface area contributed by atoms with E-state index in [0.717, 1.165) is 0 Å². The molecule has 11 heteroatoms. The number of aromatic nitrogens is 3. The molecule has 0 saturated heterocycles. The van der Waals surface area contributed by atoms with Crippen molar-refractivity contribution in [3.05, 3.63) is 58.5 Å². The van der Waals surface area contributed by atoms with E-state index < -0.39 is 35.0 Å². The second-order valence-electron chi connectivity index (χ2n) is 6.09. The first-order valence-electron chi connectivity index (χ1n) is 7.79. The molecule has 0 aliphatic rings. The van der Waals surface area contributed by atoms with Crippen LogP contribution in [0.2, 0.25) is 0 Å². The molecule has 0 atom stereocenters. The van der Waals surface area contributed by atoms with Gasteiger partial charge in [0.25, 0.3) is 5.91 Å². The zero-order valence-corrected chi connectivity index (χ0v) is 14.4. The molecule has 1 aromatic carbocycles. The molecule has 0 aliphatic heterocycles. The summed E-state index contributed by atoms with van der Waals surface area (Å²) in [6, 6.07) is 2.19. The summed E-state index contributed by atoms with van der Waals surface area (Å²) in [5.74, 6) is -0.661. The summed E-state index contributed by atoms with van der Waals surface area (Å²) in [7, 11) is 0. The van der Waals surface area contributed by atoms with Gasteiger partial charge in [0, 0.05) is 5.56 Å². The first-order valence-corrected chi connectivity index (χ1v) is 7.79. The minimum absolute atomic E-state index is 0.0365. The van der Waals surface area contributed by atoms with Gasteiger partial charge in [0.2, 0.25) is 0 Å². The number of alkyl halides is 6. The number of carbonyl (C=O) groups excluding carboxylic acids is 1. The summed E-state index contributed by atoms with van der Waals surface area (Å²) < 4.78 is 79.0. The Morgan fingerprint density at radius 3 is 2.07 bits per heavy atom. The van der Waals surface area contributed by atoms with Crippen molar-refractivity contribution in [2.45, 2.75) is 26.2 Å². The summed E-state index contributed by atoms with van der Waals surface area (Å²) in [6.07, 6.45) is -8.72. The molecular weight excluding hydrogens is 390 g/mol. The molecule has 148 valence electrons. The molecule has 0 saturated carbocycles. The third-order valence-corrected chi connectivity index (χ3v) is 3.83. The Morgan fingerprint density at radius 1 is 0.964 bits per heavy atom. The van der Waals surface area contributed by atoms with Gasteiger partial charge >= 0.3 is 12.4 Å². The molecule has 0 fully saturated rings. The van der Waals surface area contributed by atoms with Crippen LogP contribution in [0.1, 0.15) is 32.9 Å². The van der Waals surface area contributed by atoms with E-state index >= 15 is 0 Å². The highest BCUT2D eigenvalue weighted by Gasteiger charge is 2.37. The Kier molecular flexibility index (Phi) is 4.56. The van der Waals surface area contributed by atoms with Crippen molar-refractivity contribution in [2.75, 3.05) is 5.32 Å². The van der Waals surface area contributed by atoms with E-state index in [1.54, 1.807) is 13.8 Å². The molecule has 5 nitrogen and oxygen atoms in total. The fourth-order valence-electron chi connectivity index (χ4n) is 2.61. The molecule has 3 rings (SSSR count). The van der Waals surface area contributed by atoms with E-state index in [1.807, 2.05) is 0 Å². The molecule has 0 radical (unpaired) electrons. The second-order valence-corrected chi connectivity index (χ2v) is 6.09. The fourth-order valence-corrected chi connectivity index (χ4v) is 2.61. The minimum Gasteiger partial charge on any atom is -0.321 e. The lowest BCUT2D eigenvalue weighted by molar-refractivity contribution is -0.143. The van der Waals surface area contributed by atoms with E-state index in [0.29, 0.717) is 29.2 Å². The van der Waals surface area contributed by atoms with Gasteiger partial charge in [-0.25, -0.2) is 9.50 Å². The molecule has 1 N–H and O–H groups in total. The van der Waals surface area contributed by atoms with Crippen LogP contribution in [0, 0.1) is 13.8 Å². The first-order chi connectivity index (χ1) is 12.8. The monoisotopic (exact) mass is 402 g/mol. The molecule has 1 amide bonds. The number of aryl methyl sites for hydroxylation is 2. The van der Waals surface area contributed by atoms with Crippen molar-refractivity contribution in [1.29, 1.82) is 0 Å². The number of benzene rings is 1. The van der Waals surface area contributed by atoms with E-state index in [2.05, 4.69) is 15.4 Å². The number of amides is 1. The molecule has 0 bridgehead atoms. The van der Waals surface area contributed by atoms with Gasteiger partial charge in [-0.15, -0.1) is 0 Å². The number of pyridine rings is 1. The number of anilines is 1. The number of fused-ring (bicyclic) bond motifs is 1. The van der Waals surface area contributed by atoms with E-state index in [9.17, 15) is 31.1 Å². The second kappa shape index (κ2) is 6.50. The maximum Gasteiger partial charge on any atom is 0.416 e. The van der Waals surface area contributed by atoms with Crippen LogP contribution in [0.4, 0.5) is 32.0 Å². The highest BCUT2D eigenvalue weighted by atomic mass is 19.4. The number of hydrogen-bond donors (Lipinski definition) is 1. The van der Waals surface area contributed by atoms with Gasteiger partial charge in [0.15, 0.2) is 5.65 Å². The molecule has 0 aliphatic carbocycles. The van der Waals surface area contributed by atoms with Crippen molar-refractivity contribution >= 4 is 17.2 Å². The van der Waals surface area contributed by atoms with Crippen LogP contribution in [0.25, 0.3) is 5.65 Å². The average Bonchev–Trinajstić information content (AvgIpc) is 2.93. The summed E-state index contributed by atoms with van der Waals surface area (Å²) in [5, 5.41) is 6.36. The molecule has 3 aromatic rings. The Balaban J connectivity index is 2.00. The quantitative estimate of drug-likeness (QED) is 0.636. The zero-order chi connectivity index (χ0) is 20.9.